The summed E-state index contributed by atoms with van der Waals surface area (Å²) in [5.74, 6) is 0.691. The van der Waals surface area contributed by atoms with E-state index in [0.29, 0.717) is 15.8 Å². The predicted molar refractivity (Wildman–Crippen MR) is 126 cm³/mol. The molecule has 4 aromatic carbocycles. The lowest BCUT2D eigenvalue weighted by Gasteiger charge is -2.38. The van der Waals surface area contributed by atoms with E-state index in [1.807, 2.05) is 24.3 Å². The zero-order valence-electron chi connectivity index (χ0n) is 16.5. The van der Waals surface area contributed by atoms with E-state index in [9.17, 15) is 0 Å². The van der Waals surface area contributed by atoms with Crippen LogP contribution in [-0.4, -0.2) is 10.7 Å². The lowest BCUT2D eigenvalue weighted by Crippen LogP contribution is -2.33. The van der Waals surface area contributed by atoms with Crippen molar-refractivity contribution in [2.24, 2.45) is 5.10 Å². The largest absolute Gasteiger partial charge is 0.463 e. The molecular weight excluding hydrogens is 427 g/mol. The van der Waals surface area contributed by atoms with Gasteiger partial charge in [-0.1, -0.05) is 89.9 Å². The number of halogens is 2. The minimum Gasteiger partial charge on any atom is -0.463 e. The normalized spacial score (nSPS) is 19.5. The Labute approximate surface area is 190 Å². The fraction of sp³-hybridized carbons (Fsp3) is 0.115. The average Bonchev–Trinajstić information content (AvgIpc) is 3.25. The van der Waals surface area contributed by atoms with E-state index in [1.165, 1.54) is 10.8 Å². The van der Waals surface area contributed by atoms with E-state index in [0.717, 1.165) is 28.8 Å². The van der Waals surface area contributed by atoms with Gasteiger partial charge in [-0.3, -0.25) is 0 Å². The zero-order chi connectivity index (χ0) is 20.9. The minimum atomic E-state index is -0.352. The second kappa shape index (κ2) is 7.30. The summed E-state index contributed by atoms with van der Waals surface area (Å²) < 4.78 is 6.40. The van der Waals surface area contributed by atoms with Crippen molar-refractivity contribution < 1.29 is 4.74 Å². The van der Waals surface area contributed by atoms with Gasteiger partial charge in [0.1, 0.15) is 5.75 Å². The summed E-state index contributed by atoms with van der Waals surface area (Å²) in [6.45, 7) is 0. The van der Waals surface area contributed by atoms with Crippen molar-refractivity contribution in [2.75, 3.05) is 0 Å². The fourth-order valence-electron chi connectivity index (χ4n) is 4.50. The highest BCUT2D eigenvalue weighted by Crippen LogP contribution is 2.50. The highest BCUT2D eigenvalue weighted by Gasteiger charge is 2.42. The summed E-state index contributed by atoms with van der Waals surface area (Å²) in [7, 11) is 0. The predicted octanol–water partition coefficient (Wildman–Crippen LogP) is 7.39. The van der Waals surface area contributed by atoms with E-state index in [2.05, 4.69) is 59.6 Å². The first-order valence-corrected chi connectivity index (χ1v) is 11.0. The van der Waals surface area contributed by atoms with Crippen LogP contribution in [0.5, 0.6) is 5.75 Å². The van der Waals surface area contributed by atoms with Gasteiger partial charge in [0.05, 0.1) is 16.8 Å². The maximum atomic E-state index is 6.54. The molecule has 2 unspecified atom stereocenters. The van der Waals surface area contributed by atoms with Crippen LogP contribution in [0.25, 0.3) is 10.8 Å². The van der Waals surface area contributed by atoms with Crippen LogP contribution in [0.3, 0.4) is 0 Å². The fourth-order valence-corrected chi connectivity index (χ4v) is 5.05. The molecular formula is C26H18Cl2N2O. The third kappa shape index (κ3) is 3.16. The van der Waals surface area contributed by atoms with Crippen LogP contribution in [0, 0.1) is 0 Å². The van der Waals surface area contributed by atoms with Crippen LogP contribution in [0.4, 0.5) is 0 Å². The molecule has 4 aromatic rings. The third-order valence-electron chi connectivity index (χ3n) is 5.98. The van der Waals surface area contributed by atoms with Crippen molar-refractivity contribution in [1.82, 2.24) is 5.01 Å². The van der Waals surface area contributed by atoms with Crippen LogP contribution in [0.2, 0.25) is 10.0 Å². The Balaban J connectivity index is 1.48. The van der Waals surface area contributed by atoms with Gasteiger partial charge in [-0.25, -0.2) is 5.01 Å². The van der Waals surface area contributed by atoms with Crippen molar-refractivity contribution in [3.8, 4) is 5.75 Å². The van der Waals surface area contributed by atoms with Gasteiger partial charge in [0, 0.05) is 22.6 Å². The molecule has 0 spiro atoms. The average molecular weight is 445 g/mol. The summed E-state index contributed by atoms with van der Waals surface area (Å²) in [5, 5.41) is 10.6. The molecule has 0 N–H and O–H groups in total. The van der Waals surface area contributed by atoms with Gasteiger partial charge in [-0.05, 0) is 34.5 Å². The Morgan fingerprint density at radius 3 is 2.45 bits per heavy atom. The summed E-state index contributed by atoms with van der Waals surface area (Å²) in [6, 6.07) is 28.7. The van der Waals surface area contributed by atoms with Gasteiger partial charge in [0.25, 0.3) is 0 Å². The van der Waals surface area contributed by atoms with Gasteiger partial charge < -0.3 is 4.74 Å². The number of hydrogen-bond donors (Lipinski definition) is 0. The van der Waals surface area contributed by atoms with E-state index in [-0.39, 0.29) is 12.3 Å². The lowest BCUT2D eigenvalue weighted by atomic mass is 9.95. The summed E-state index contributed by atoms with van der Waals surface area (Å²) in [5.41, 5.74) is 4.16. The molecule has 2 atom stereocenters. The lowest BCUT2D eigenvalue weighted by molar-refractivity contribution is -0.0189. The molecule has 0 bridgehead atoms. The molecule has 5 heteroatoms. The Morgan fingerprint density at radius 2 is 1.61 bits per heavy atom. The van der Waals surface area contributed by atoms with Gasteiger partial charge >= 0.3 is 0 Å². The van der Waals surface area contributed by atoms with Gasteiger partial charge in [-0.2, -0.15) is 5.10 Å². The second-order valence-electron chi connectivity index (χ2n) is 7.90. The molecule has 2 heterocycles. The number of ether oxygens (including phenoxy) is 1. The van der Waals surface area contributed by atoms with E-state index >= 15 is 0 Å². The Bertz CT molecular complexity index is 1340. The maximum absolute atomic E-state index is 6.54. The van der Waals surface area contributed by atoms with Crippen LogP contribution < -0.4 is 4.74 Å². The molecule has 3 nitrogen and oxygen atoms in total. The van der Waals surface area contributed by atoms with Crippen LogP contribution in [-0.2, 0) is 0 Å². The first-order valence-electron chi connectivity index (χ1n) is 10.2. The number of nitrogens with zero attached hydrogens (tertiary/aromatic N) is 2. The molecule has 2 aliphatic rings. The van der Waals surface area contributed by atoms with Crippen molar-refractivity contribution in [3.63, 3.8) is 0 Å². The Hall–Kier alpha value is -3.01. The zero-order valence-corrected chi connectivity index (χ0v) is 18.0. The molecule has 0 aliphatic carbocycles. The van der Waals surface area contributed by atoms with E-state index in [4.69, 9.17) is 33.0 Å². The Morgan fingerprint density at radius 1 is 0.839 bits per heavy atom. The molecule has 0 radical (unpaired) electrons. The van der Waals surface area contributed by atoms with Gasteiger partial charge in [0.2, 0.25) is 6.23 Å². The molecule has 0 saturated carbocycles. The number of hydrazone groups is 1. The smallest absolute Gasteiger partial charge is 0.213 e. The van der Waals surface area contributed by atoms with Gasteiger partial charge in [0.15, 0.2) is 0 Å². The minimum absolute atomic E-state index is 0.00614. The van der Waals surface area contributed by atoms with Crippen molar-refractivity contribution >= 4 is 39.7 Å². The Kier molecular flexibility index (Phi) is 4.41. The summed E-state index contributed by atoms with van der Waals surface area (Å²) in [4.78, 5) is 0. The van der Waals surface area contributed by atoms with Crippen LogP contribution in [0.1, 0.15) is 35.4 Å². The number of hydrogen-bond acceptors (Lipinski definition) is 3. The van der Waals surface area contributed by atoms with E-state index < -0.39 is 0 Å². The molecule has 152 valence electrons. The second-order valence-corrected chi connectivity index (χ2v) is 8.74. The number of rotatable bonds is 2. The first kappa shape index (κ1) is 18.7. The maximum Gasteiger partial charge on any atom is 0.213 e. The first-order chi connectivity index (χ1) is 15.2. The number of benzene rings is 4. The molecule has 6 rings (SSSR count). The molecule has 0 aromatic heterocycles. The number of fused-ring (bicyclic) bond motifs is 4. The van der Waals surface area contributed by atoms with Gasteiger partial charge in [-0.15, -0.1) is 0 Å². The van der Waals surface area contributed by atoms with Crippen molar-refractivity contribution in [1.29, 1.82) is 0 Å². The summed E-state index contributed by atoms with van der Waals surface area (Å²) >= 11 is 12.9. The molecule has 0 fully saturated rings. The monoisotopic (exact) mass is 444 g/mol. The van der Waals surface area contributed by atoms with Crippen LogP contribution >= 0.6 is 23.2 Å². The highest BCUT2D eigenvalue weighted by molar-refractivity contribution is 6.35. The molecule has 31 heavy (non-hydrogen) atoms. The topological polar surface area (TPSA) is 24.8 Å². The standard InChI is InChI=1S/C26H18Cl2N2O/c27-20-13-21-24-15-23(19-11-10-16-6-4-5-9-18(16)12-19)29-30(24)26(17-7-2-1-3-8-17)31-25(21)22(28)14-20/h1-14,24,26H,15H2. The quantitative estimate of drug-likeness (QED) is 0.321. The van der Waals surface area contributed by atoms with Crippen LogP contribution in [0.15, 0.2) is 90.0 Å². The van der Waals surface area contributed by atoms with E-state index in [1.54, 1.807) is 6.07 Å². The summed E-state index contributed by atoms with van der Waals surface area (Å²) in [6.07, 6.45) is 0.407. The molecule has 2 aliphatic heterocycles. The van der Waals surface area contributed by atoms with Crippen molar-refractivity contribution in [3.05, 3.63) is 112 Å². The van der Waals surface area contributed by atoms with Crippen molar-refractivity contribution in [2.45, 2.75) is 18.7 Å². The molecule has 0 saturated heterocycles. The third-order valence-corrected chi connectivity index (χ3v) is 6.47. The highest BCUT2D eigenvalue weighted by atomic mass is 35.5. The molecule has 0 amide bonds. The SMILES string of the molecule is Clc1cc(Cl)c2c(c1)C1CC(c3ccc4ccccc4c3)=NN1C(c1ccccc1)O2.